The minimum atomic E-state index is -0.611. The van der Waals surface area contributed by atoms with Crippen molar-refractivity contribution in [2.75, 3.05) is 13.2 Å². The highest BCUT2D eigenvalue weighted by Gasteiger charge is 2.38. The lowest BCUT2D eigenvalue weighted by molar-refractivity contribution is -0.146. The maximum atomic E-state index is 12.4. The summed E-state index contributed by atoms with van der Waals surface area (Å²) in [4.78, 5) is 27.5. The first-order chi connectivity index (χ1) is 15.3. The van der Waals surface area contributed by atoms with Crippen molar-refractivity contribution in [1.82, 2.24) is 0 Å². The fourth-order valence-electron chi connectivity index (χ4n) is 3.15. The molecule has 1 aliphatic heterocycles. The largest absolute Gasteiger partial charge is 0.461 e. The Kier molecular flexibility index (Phi) is 6.76. The van der Waals surface area contributed by atoms with E-state index in [0.717, 1.165) is 26.2 Å². The summed E-state index contributed by atoms with van der Waals surface area (Å²) >= 11 is 2.01. The van der Waals surface area contributed by atoms with E-state index in [4.69, 9.17) is 14.2 Å². The molecule has 1 aliphatic rings. The number of hydrogen-bond donors (Lipinski definition) is 0. The molecule has 0 atom stereocenters. The minimum Gasteiger partial charge on any atom is -0.461 e. The van der Waals surface area contributed by atoms with Crippen LogP contribution in [0.25, 0.3) is 0 Å². The molecule has 0 amide bonds. The highest BCUT2D eigenvalue weighted by Crippen LogP contribution is 2.46. The number of hydrogen-bond acceptors (Lipinski definition) is 5. The maximum Gasteiger partial charge on any atom is 0.338 e. The Balaban J connectivity index is 1.47. The number of esters is 2. The third-order valence-electron chi connectivity index (χ3n) is 4.72. The van der Waals surface area contributed by atoms with E-state index < -0.39 is 9.39 Å². The number of fused-ring (bicyclic) bond motifs is 2. The van der Waals surface area contributed by atoms with Gasteiger partial charge in [-0.25, -0.2) is 4.79 Å². The molecule has 0 N–H and O–H groups in total. The molecule has 0 unspecified atom stereocenters. The quantitative estimate of drug-likeness (QED) is 0.0980. The average Bonchev–Trinajstić information content (AvgIpc) is 2.79. The maximum absolute atomic E-state index is 12.4. The van der Waals surface area contributed by atoms with Gasteiger partial charge in [-0.3, -0.25) is 4.79 Å². The summed E-state index contributed by atoms with van der Waals surface area (Å²) in [6, 6.07) is 23.5. The monoisotopic (exact) mass is 561 g/mol. The summed E-state index contributed by atoms with van der Waals surface area (Å²) in [5, 5.41) is 0. The molecule has 3 aromatic carbocycles. The molecule has 0 saturated heterocycles. The molecule has 164 valence electrons. The molecule has 7 heteroatoms. The van der Waals surface area contributed by atoms with Crippen LogP contribution >= 0.6 is 22.6 Å². The number of benzene rings is 3. The first kappa shape index (κ1) is 22.7. The van der Waals surface area contributed by atoms with Crippen molar-refractivity contribution in [1.29, 1.82) is 0 Å². The molecule has 0 fully saturated rings. The fourth-order valence-corrected chi connectivity index (χ4v) is 5.51. The molecule has 1 heterocycles. The highest BCUT2D eigenvalue weighted by molar-refractivity contribution is 14.1. The summed E-state index contributed by atoms with van der Waals surface area (Å²) in [7, 11) is -0.335. The number of para-hydroxylation sites is 2. The second-order valence-electron chi connectivity index (χ2n) is 7.57. The average molecular weight is 561 g/mol. The van der Waals surface area contributed by atoms with Crippen LogP contribution in [0.4, 0.5) is 0 Å². The van der Waals surface area contributed by atoms with Crippen LogP contribution in [0.2, 0.25) is 0 Å². The summed E-state index contributed by atoms with van der Waals surface area (Å²) < 4.78 is 15.8. The summed E-state index contributed by atoms with van der Waals surface area (Å²) in [5.41, 5.74) is 0.452. The van der Waals surface area contributed by atoms with Crippen molar-refractivity contribution in [2.45, 2.75) is 32.0 Å². The van der Waals surface area contributed by atoms with E-state index in [0.29, 0.717) is 5.56 Å². The smallest absolute Gasteiger partial charge is 0.338 e. The second-order valence-corrected chi connectivity index (χ2v) is 12.2. The van der Waals surface area contributed by atoms with Crippen LogP contribution in [-0.2, 0) is 25.2 Å². The van der Waals surface area contributed by atoms with E-state index in [1.54, 1.807) is 26.0 Å². The molecular weight excluding hydrogens is 539 g/mol. The second kappa shape index (κ2) is 9.54. The van der Waals surface area contributed by atoms with Crippen molar-refractivity contribution in [3.05, 3.63) is 78.4 Å². The zero-order valence-electron chi connectivity index (χ0n) is 17.7. The van der Waals surface area contributed by atoms with Crippen LogP contribution in [0.3, 0.4) is 0 Å². The molecular formula is C25H22IO5S+. The van der Waals surface area contributed by atoms with Gasteiger partial charge >= 0.3 is 11.9 Å². The van der Waals surface area contributed by atoms with Gasteiger partial charge in [-0.1, -0.05) is 46.9 Å². The van der Waals surface area contributed by atoms with E-state index >= 15 is 0 Å². The lowest BCUT2D eigenvalue weighted by atomic mass is 10.2. The molecule has 3 aromatic rings. The lowest BCUT2D eigenvalue weighted by Gasteiger charge is -2.19. The normalized spacial score (nSPS) is 12.8. The van der Waals surface area contributed by atoms with Gasteiger partial charge in [0.2, 0.25) is 9.79 Å². The van der Waals surface area contributed by atoms with Crippen LogP contribution in [0.15, 0.2) is 87.5 Å². The molecule has 4 rings (SSSR count). The molecule has 32 heavy (non-hydrogen) atoms. The van der Waals surface area contributed by atoms with Gasteiger partial charge in [-0.2, -0.15) is 0 Å². The molecule has 0 aromatic heterocycles. The summed E-state index contributed by atoms with van der Waals surface area (Å²) in [6.07, 6.45) is 0. The third kappa shape index (κ3) is 4.94. The predicted molar refractivity (Wildman–Crippen MR) is 131 cm³/mol. The van der Waals surface area contributed by atoms with Gasteiger partial charge in [0.1, 0.15) is 27.5 Å². The molecule has 5 nitrogen and oxygen atoms in total. The van der Waals surface area contributed by atoms with Crippen LogP contribution < -0.4 is 4.74 Å². The Morgan fingerprint density at radius 1 is 0.844 bits per heavy atom. The van der Waals surface area contributed by atoms with Crippen molar-refractivity contribution in [3.8, 4) is 11.5 Å². The van der Waals surface area contributed by atoms with Gasteiger partial charge in [-0.15, -0.1) is 0 Å². The van der Waals surface area contributed by atoms with Gasteiger partial charge in [-0.05, 0) is 62.4 Å². The topological polar surface area (TPSA) is 61.8 Å². The Labute approximate surface area is 203 Å². The van der Waals surface area contributed by atoms with Crippen molar-refractivity contribution < 1.29 is 23.8 Å². The minimum absolute atomic E-state index is 0.0154. The summed E-state index contributed by atoms with van der Waals surface area (Å²) in [5.74, 6) is 0.915. The van der Waals surface area contributed by atoms with Crippen molar-refractivity contribution >= 4 is 45.4 Å². The zero-order valence-corrected chi connectivity index (χ0v) is 20.6. The Hall–Kier alpha value is -2.52. The van der Waals surface area contributed by atoms with Crippen LogP contribution in [0.5, 0.6) is 11.5 Å². The van der Waals surface area contributed by atoms with Gasteiger partial charge in [0.25, 0.3) is 0 Å². The zero-order chi connectivity index (χ0) is 22.7. The van der Waals surface area contributed by atoms with Crippen molar-refractivity contribution in [3.63, 3.8) is 0 Å². The molecule has 0 aliphatic carbocycles. The number of ether oxygens (including phenoxy) is 3. The van der Waals surface area contributed by atoms with Crippen LogP contribution in [-0.4, -0.2) is 28.6 Å². The van der Waals surface area contributed by atoms with E-state index in [1.165, 1.54) is 0 Å². The number of halogens is 1. The Bertz CT molecular complexity index is 1090. The van der Waals surface area contributed by atoms with E-state index in [2.05, 4.69) is 12.1 Å². The third-order valence-corrected chi connectivity index (χ3v) is 7.46. The fraction of sp³-hybridized carbons (Fsp3) is 0.200. The number of carbonyl (C=O) groups is 2. The first-order valence-electron chi connectivity index (χ1n) is 10.1. The predicted octanol–water partition coefficient (Wildman–Crippen LogP) is 5.80. The molecule has 0 saturated carbocycles. The van der Waals surface area contributed by atoms with Gasteiger partial charge in [0.05, 0.1) is 5.56 Å². The standard InChI is InChI=1S/C25H22IO5S/c1-25(2,26)24(28)30-16-15-29-23(27)17-11-13-18(14-12-17)32-21-9-5-3-7-19(21)31-20-8-4-6-10-22(20)32/h3-14H,15-16H2,1-2H3/q+1. The first-order valence-corrected chi connectivity index (χ1v) is 12.4. The summed E-state index contributed by atoms with van der Waals surface area (Å²) in [6.45, 7) is 3.58. The molecule has 0 spiro atoms. The van der Waals surface area contributed by atoms with Gasteiger partial charge in [0.15, 0.2) is 16.4 Å². The Morgan fingerprint density at radius 2 is 1.38 bits per heavy atom. The molecule has 0 radical (unpaired) electrons. The van der Waals surface area contributed by atoms with Crippen LogP contribution in [0.1, 0.15) is 24.2 Å². The Morgan fingerprint density at radius 3 is 1.94 bits per heavy atom. The molecule has 0 bridgehead atoms. The van der Waals surface area contributed by atoms with E-state index in [1.807, 2.05) is 71.1 Å². The van der Waals surface area contributed by atoms with Crippen LogP contribution in [0, 0.1) is 0 Å². The highest BCUT2D eigenvalue weighted by atomic mass is 127. The van der Waals surface area contributed by atoms with Gasteiger partial charge in [0, 0.05) is 0 Å². The SMILES string of the molecule is CC(C)(I)C(=O)OCCOC(=O)c1ccc([S+]2c3ccccc3Oc3ccccc32)cc1. The van der Waals surface area contributed by atoms with E-state index in [-0.39, 0.29) is 30.1 Å². The van der Waals surface area contributed by atoms with E-state index in [9.17, 15) is 9.59 Å². The van der Waals surface area contributed by atoms with Crippen molar-refractivity contribution in [2.24, 2.45) is 0 Å². The lowest BCUT2D eigenvalue weighted by Crippen LogP contribution is -2.28. The number of carbonyl (C=O) groups excluding carboxylic acids is 2. The van der Waals surface area contributed by atoms with Gasteiger partial charge < -0.3 is 14.2 Å². The number of rotatable bonds is 6. The number of alkyl halides is 1.